The van der Waals surface area contributed by atoms with Crippen LogP contribution in [0.15, 0.2) is 29.2 Å². The molecule has 1 aromatic carbocycles. The quantitative estimate of drug-likeness (QED) is 0.545. The molecule has 1 spiro atoms. The molecule has 0 radical (unpaired) electrons. The molecule has 0 atom stereocenters. The van der Waals surface area contributed by atoms with E-state index in [9.17, 15) is 22.8 Å². The molecule has 3 N–H and O–H groups in total. The van der Waals surface area contributed by atoms with E-state index >= 15 is 0 Å². The van der Waals surface area contributed by atoms with Crippen LogP contribution in [0, 0.1) is 0 Å². The number of nitrogens with one attached hydrogen (secondary N) is 3. The van der Waals surface area contributed by atoms with Crippen molar-refractivity contribution in [3.63, 3.8) is 0 Å². The molecular formula is C21H30N4O5S. The lowest BCUT2D eigenvalue weighted by molar-refractivity contribution is -0.131. The summed E-state index contributed by atoms with van der Waals surface area (Å²) in [5.41, 5.74) is -0.984. The second-order valence-electron chi connectivity index (χ2n) is 9.17. The molecule has 2 fully saturated rings. The maximum absolute atomic E-state index is 12.7. The Labute approximate surface area is 183 Å². The summed E-state index contributed by atoms with van der Waals surface area (Å²) in [6.07, 6.45) is 3.01. The number of carbonyl (C=O) groups excluding carboxylic acids is 3. The summed E-state index contributed by atoms with van der Waals surface area (Å²) in [6, 6.07) is 6.00. The number of amides is 4. The van der Waals surface area contributed by atoms with E-state index in [-0.39, 0.29) is 36.2 Å². The monoisotopic (exact) mass is 450 g/mol. The Hall–Kier alpha value is -2.46. The summed E-state index contributed by atoms with van der Waals surface area (Å²) in [5.74, 6) is -0.628. The zero-order chi connectivity index (χ0) is 22.9. The SMILES string of the molecule is CC(C)(C)NS(=O)(=O)c1ccccc1CNC(=O)CCN1C(=O)NC2(CCCC2)C1=O. The van der Waals surface area contributed by atoms with E-state index in [0.29, 0.717) is 18.4 Å². The Morgan fingerprint density at radius 3 is 2.45 bits per heavy atom. The summed E-state index contributed by atoms with van der Waals surface area (Å²) in [5, 5.41) is 5.47. The number of benzene rings is 1. The Kier molecular flexibility index (Phi) is 6.43. The number of urea groups is 1. The van der Waals surface area contributed by atoms with E-state index in [4.69, 9.17) is 0 Å². The third-order valence-electron chi connectivity index (χ3n) is 5.44. The molecule has 31 heavy (non-hydrogen) atoms. The van der Waals surface area contributed by atoms with E-state index in [0.717, 1.165) is 17.7 Å². The van der Waals surface area contributed by atoms with Gasteiger partial charge in [-0.25, -0.2) is 17.9 Å². The smallest absolute Gasteiger partial charge is 0.325 e. The van der Waals surface area contributed by atoms with Crippen LogP contribution in [0.4, 0.5) is 4.79 Å². The first-order valence-corrected chi connectivity index (χ1v) is 11.9. The number of nitrogens with zero attached hydrogens (tertiary/aromatic N) is 1. The maximum atomic E-state index is 12.7. The zero-order valence-corrected chi connectivity index (χ0v) is 19.0. The van der Waals surface area contributed by atoms with Gasteiger partial charge in [-0.1, -0.05) is 31.0 Å². The fraction of sp³-hybridized carbons (Fsp3) is 0.571. The molecule has 0 unspecified atom stereocenters. The molecule has 1 saturated heterocycles. The number of rotatable bonds is 7. The highest BCUT2D eigenvalue weighted by Gasteiger charge is 2.52. The summed E-state index contributed by atoms with van der Waals surface area (Å²) in [4.78, 5) is 38.4. The van der Waals surface area contributed by atoms with Gasteiger partial charge in [0, 0.05) is 25.0 Å². The number of hydrogen-bond acceptors (Lipinski definition) is 5. The first-order valence-electron chi connectivity index (χ1n) is 10.5. The van der Waals surface area contributed by atoms with Crippen molar-refractivity contribution in [2.45, 2.75) is 75.4 Å². The van der Waals surface area contributed by atoms with Gasteiger partial charge in [0.05, 0.1) is 4.90 Å². The van der Waals surface area contributed by atoms with Gasteiger partial charge in [-0.05, 0) is 45.2 Å². The minimum absolute atomic E-state index is 0.0101. The lowest BCUT2D eigenvalue weighted by Gasteiger charge is -2.21. The van der Waals surface area contributed by atoms with Gasteiger partial charge in [0.2, 0.25) is 15.9 Å². The van der Waals surface area contributed by atoms with Gasteiger partial charge in [0.15, 0.2) is 0 Å². The standard InChI is InChI=1S/C21H30N4O5S/c1-20(2,3)24-31(29,30)16-9-5-4-8-15(16)14-22-17(26)10-13-25-18(27)21(23-19(25)28)11-6-7-12-21/h4-5,8-9,24H,6-7,10-14H2,1-3H3,(H,22,26)(H,23,28). The van der Waals surface area contributed by atoms with Gasteiger partial charge in [-0.15, -0.1) is 0 Å². The second-order valence-corrected chi connectivity index (χ2v) is 10.8. The highest BCUT2D eigenvalue weighted by Crippen LogP contribution is 2.35. The van der Waals surface area contributed by atoms with Crippen molar-refractivity contribution in [3.8, 4) is 0 Å². The Morgan fingerprint density at radius 1 is 1.16 bits per heavy atom. The summed E-state index contributed by atoms with van der Waals surface area (Å²) >= 11 is 0. The minimum atomic E-state index is -3.76. The third kappa shape index (κ3) is 5.24. The molecule has 10 heteroatoms. The van der Waals surface area contributed by atoms with Crippen molar-refractivity contribution >= 4 is 27.9 Å². The van der Waals surface area contributed by atoms with Crippen LogP contribution in [0.2, 0.25) is 0 Å². The zero-order valence-electron chi connectivity index (χ0n) is 18.2. The van der Waals surface area contributed by atoms with Gasteiger partial charge in [0.1, 0.15) is 5.54 Å². The summed E-state index contributed by atoms with van der Waals surface area (Å²) in [7, 11) is -3.76. The van der Waals surface area contributed by atoms with Crippen LogP contribution in [-0.4, -0.2) is 48.8 Å². The molecule has 4 amide bonds. The molecule has 0 bridgehead atoms. The summed E-state index contributed by atoms with van der Waals surface area (Å²) in [6.45, 7) is 5.26. The second kappa shape index (κ2) is 8.58. The Morgan fingerprint density at radius 2 is 1.81 bits per heavy atom. The van der Waals surface area contributed by atoms with E-state index < -0.39 is 27.1 Å². The number of hydrogen-bond donors (Lipinski definition) is 3. The first-order chi connectivity index (χ1) is 14.4. The van der Waals surface area contributed by atoms with Crippen LogP contribution in [-0.2, 0) is 26.2 Å². The average molecular weight is 451 g/mol. The predicted octanol–water partition coefficient (Wildman–Crippen LogP) is 1.63. The number of sulfonamides is 1. The average Bonchev–Trinajstić information content (AvgIpc) is 3.22. The van der Waals surface area contributed by atoms with E-state index in [2.05, 4.69) is 15.4 Å². The van der Waals surface area contributed by atoms with Gasteiger partial charge >= 0.3 is 6.03 Å². The molecule has 170 valence electrons. The van der Waals surface area contributed by atoms with Gasteiger partial charge < -0.3 is 10.6 Å². The molecular weight excluding hydrogens is 420 g/mol. The van der Waals surface area contributed by atoms with Gasteiger partial charge in [-0.2, -0.15) is 0 Å². The van der Waals surface area contributed by atoms with Crippen molar-refractivity contribution in [3.05, 3.63) is 29.8 Å². The highest BCUT2D eigenvalue weighted by atomic mass is 32.2. The van der Waals surface area contributed by atoms with Crippen LogP contribution in [0.5, 0.6) is 0 Å². The van der Waals surface area contributed by atoms with Crippen molar-refractivity contribution < 1.29 is 22.8 Å². The van der Waals surface area contributed by atoms with Crippen LogP contribution in [0.1, 0.15) is 58.4 Å². The normalized spacial score (nSPS) is 18.5. The van der Waals surface area contributed by atoms with Crippen LogP contribution in [0.25, 0.3) is 0 Å². The molecule has 2 aliphatic rings. The van der Waals surface area contributed by atoms with Gasteiger partial charge in [-0.3, -0.25) is 14.5 Å². The Balaban J connectivity index is 1.59. The minimum Gasteiger partial charge on any atom is -0.352 e. The first kappa shape index (κ1) is 23.2. The fourth-order valence-corrected chi connectivity index (χ4v) is 5.72. The molecule has 1 aliphatic heterocycles. The predicted molar refractivity (Wildman–Crippen MR) is 114 cm³/mol. The molecule has 0 aromatic heterocycles. The van der Waals surface area contributed by atoms with Crippen molar-refractivity contribution in [1.29, 1.82) is 0 Å². The van der Waals surface area contributed by atoms with Crippen LogP contribution in [0.3, 0.4) is 0 Å². The molecule has 3 rings (SSSR count). The maximum Gasteiger partial charge on any atom is 0.325 e. The summed E-state index contributed by atoms with van der Waals surface area (Å²) < 4.78 is 28.0. The largest absolute Gasteiger partial charge is 0.352 e. The lowest BCUT2D eigenvalue weighted by atomic mass is 9.98. The van der Waals surface area contributed by atoms with Crippen LogP contribution >= 0.6 is 0 Å². The van der Waals surface area contributed by atoms with E-state index in [1.54, 1.807) is 39.0 Å². The van der Waals surface area contributed by atoms with Crippen molar-refractivity contribution in [2.75, 3.05) is 6.54 Å². The molecule has 1 heterocycles. The van der Waals surface area contributed by atoms with Gasteiger partial charge in [0.25, 0.3) is 5.91 Å². The van der Waals surface area contributed by atoms with E-state index in [1.165, 1.54) is 6.07 Å². The topological polar surface area (TPSA) is 125 Å². The molecule has 9 nitrogen and oxygen atoms in total. The molecule has 1 saturated carbocycles. The number of carbonyl (C=O) groups is 3. The molecule has 1 aliphatic carbocycles. The van der Waals surface area contributed by atoms with Crippen LogP contribution < -0.4 is 15.4 Å². The highest BCUT2D eigenvalue weighted by molar-refractivity contribution is 7.89. The number of imide groups is 1. The molecule has 1 aromatic rings. The van der Waals surface area contributed by atoms with E-state index in [1.807, 2.05) is 0 Å². The Bertz CT molecular complexity index is 978. The van der Waals surface area contributed by atoms with Crippen molar-refractivity contribution in [1.82, 2.24) is 20.3 Å². The lowest BCUT2D eigenvalue weighted by Crippen LogP contribution is -2.44. The van der Waals surface area contributed by atoms with Crippen molar-refractivity contribution in [2.24, 2.45) is 0 Å². The fourth-order valence-electron chi connectivity index (χ4n) is 4.06. The third-order valence-corrected chi connectivity index (χ3v) is 7.30.